The molecule has 2 atom stereocenters. The quantitative estimate of drug-likeness (QED) is 0.859. The molecule has 0 aromatic carbocycles. The van der Waals surface area contributed by atoms with E-state index in [-0.39, 0.29) is 0 Å². The number of rotatable bonds is 6. The Labute approximate surface area is 122 Å². The molecule has 2 saturated carbocycles. The van der Waals surface area contributed by atoms with E-state index in [1.54, 1.807) is 0 Å². The average molecular weight is 274 g/mol. The van der Waals surface area contributed by atoms with Gasteiger partial charge in [-0.15, -0.1) is 0 Å². The molecule has 0 saturated heterocycles. The molecule has 110 valence electrons. The van der Waals surface area contributed by atoms with E-state index < -0.39 is 0 Å². The zero-order valence-electron chi connectivity index (χ0n) is 12.5. The predicted molar refractivity (Wildman–Crippen MR) is 80.8 cm³/mol. The van der Waals surface area contributed by atoms with Crippen LogP contribution in [0.1, 0.15) is 57.6 Å². The minimum atomic E-state index is 0.368. The molecular formula is C17H26N2O. The monoisotopic (exact) mass is 274 g/mol. The van der Waals surface area contributed by atoms with Crippen LogP contribution >= 0.6 is 0 Å². The van der Waals surface area contributed by atoms with E-state index in [1.807, 2.05) is 6.07 Å². The molecule has 3 heteroatoms. The zero-order chi connectivity index (χ0) is 13.8. The Hall–Kier alpha value is -1.09. The van der Waals surface area contributed by atoms with Crippen molar-refractivity contribution in [1.82, 2.24) is 10.3 Å². The Morgan fingerprint density at radius 1 is 1.20 bits per heavy atom. The first-order valence-corrected chi connectivity index (χ1v) is 8.21. The lowest BCUT2D eigenvalue weighted by atomic mass is 9.85. The third kappa shape index (κ3) is 3.72. The summed E-state index contributed by atoms with van der Waals surface area (Å²) in [5.41, 5.74) is 1.10. The Morgan fingerprint density at radius 2 is 2.05 bits per heavy atom. The van der Waals surface area contributed by atoms with E-state index in [0.29, 0.717) is 12.0 Å². The van der Waals surface area contributed by atoms with Crippen LogP contribution in [-0.4, -0.2) is 17.1 Å². The third-order valence-electron chi connectivity index (χ3n) is 4.57. The normalized spacial score (nSPS) is 26.4. The van der Waals surface area contributed by atoms with E-state index in [1.165, 1.54) is 44.9 Å². The summed E-state index contributed by atoms with van der Waals surface area (Å²) in [4.78, 5) is 4.65. The first-order valence-electron chi connectivity index (χ1n) is 8.21. The van der Waals surface area contributed by atoms with Crippen LogP contribution in [0.2, 0.25) is 0 Å². The summed E-state index contributed by atoms with van der Waals surface area (Å²) < 4.78 is 6.18. The lowest BCUT2D eigenvalue weighted by Crippen LogP contribution is -2.30. The van der Waals surface area contributed by atoms with E-state index >= 15 is 0 Å². The van der Waals surface area contributed by atoms with Crippen molar-refractivity contribution in [3.05, 3.63) is 23.9 Å². The van der Waals surface area contributed by atoms with Crippen molar-refractivity contribution in [3.8, 4) is 5.88 Å². The molecule has 0 amide bonds. The fourth-order valence-corrected chi connectivity index (χ4v) is 3.11. The zero-order valence-corrected chi connectivity index (χ0v) is 12.5. The first kappa shape index (κ1) is 13.9. The molecule has 0 bridgehead atoms. The summed E-state index contributed by atoms with van der Waals surface area (Å²) in [5, 5.41) is 3.51. The Kier molecular flexibility index (Phi) is 4.56. The molecule has 2 aliphatic rings. The van der Waals surface area contributed by atoms with E-state index in [9.17, 15) is 0 Å². The topological polar surface area (TPSA) is 34.1 Å². The fourth-order valence-electron chi connectivity index (χ4n) is 3.11. The first-order chi connectivity index (χ1) is 9.85. The SMILES string of the molecule is CCC1CCCCC1Oc1cccc(CNC2CC2)n1. The van der Waals surface area contributed by atoms with Gasteiger partial charge in [-0.25, -0.2) is 4.98 Å². The lowest BCUT2D eigenvalue weighted by molar-refractivity contribution is 0.0856. The minimum absolute atomic E-state index is 0.368. The van der Waals surface area contributed by atoms with Crippen molar-refractivity contribution < 1.29 is 4.74 Å². The molecule has 0 radical (unpaired) electrons. The average Bonchev–Trinajstić information content (AvgIpc) is 3.30. The highest BCUT2D eigenvalue weighted by molar-refractivity contribution is 5.16. The Bertz CT molecular complexity index is 431. The highest BCUT2D eigenvalue weighted by Gasteiger charge is 2.25. The van der Waals surface area contributed by atoms with Crippen LogP contribution in [0, 0.1) is 5.92 Å². The largest absolute Gasteiger partial charge is 0.474 e. The van der Waals surface area contributed by atoms with Crippen molar-refractivity contribution in [2.24, 2.45) is 5.92 Å². The van der Waals surface area contributed by atoms with E-state index in [0.717, 1.165) is 24.2 Å². The number of ether oxygens (including phenoxy) is 1. The summed E-state index contributed by atoms with van der Waals surface area (Å²) in [7, 11) is 0. The molecule has 0 aliphatic heterocycles. The van der Waals surface area contributed by atoms with Crippen molar-refractivity contribution in [2.45, 2.75) is 70.6 Å². The van der Waals surface area contributed by atoms with Crippen molar-refractivity contribution in [2.75, 3.05) is 0 Å². The highest BCUT2D eigenvalue weighted by atomic mass is 16.5. The van der Waals surface area contributed by atoms with Gasteiger partial charge in [0, 0.05) is 18.7 Å². The molecule has 1 N–H and O–H groups in total. The molecule has 1 aromatic rings. The van der Waals surface area contributed by atoms with Gasteiger partial charge in [0.25, 0.3) is 0 Å². The number of hydrogen-bond donors (Lipinski definition) is 1. The van der Waals surface area contributed by atoms with Crippen molar-refractivity contribution >= 4 is 0 Å². The van der Waals surface area contributed by atoms with Gasteiger partial charge in [0.1, 0.15) is 6.10 Å². The molecule has 3 rings (SSSR count). The van der Waals surface area contributed by atoms with Crippen molar-refractivity contribution in [3.63, 3.8) is 0 Å². The number of pyridine rings is 1. The Balaban J connectivity index is 1.59. The maximum atomic E-state index is 6.18. The van der Waals surface area contributed by atoms with Crippen LogP contribution in [-0.2, 0) is 6.54 Å². The second-order valence-electron chi connectivity index (χ2n) is 6.23. The molecule has 2 aliphatic carbocycles. The van der Waals surface area contributed by atoms with Gasteiger partial charge in [-0.1, -0.05) is 19.4 Å². The molecule has 1 aromatic heterocycles. The van der Waals surface area contributed by atoms with Gasteiger partial charge in [-0.05, 0) is 50.5 Å². The van der Waals surface area contributed by atoms with Gasteiger partial charge >= 0.3 is 0 Å². The van der Waals surface area contributed by atoms with Gasteiger partial charge in [0.2, 0.25) is 5.88 Å². The van der Waals surface area contributed by atoms with Crippen LogP contribution in [0.4, 0.5) is 0 Å². The summed E-state index contributed by atoms with van der Waals surface area (Å²) >= 11 is 0. The fraction of sp³-hybridized carbons (Fsp3) is 0.706. The van der Waals surface area contributed by atoms with Gasteiger partial charge in [0.15, 0.2) is 0 Å². The molecule has 20 heavy (non-hydrogen) atoms. The van der Waals surface area contributed by atoms with Gasteiger partial charge < -0.3 is 10.1 Å². The van der Waals surface area contributed by atoms with Crippen LogP contribution in [0.15, 0.2) is 18.2 Å². The van der Waals surface area contributed by atoms with E-state index in [2.05, 4.69) is 29.4 Å². The maximum Gasteiger partial charge on any atom is 0.213 e. The van der Waals surface area contributed by atoms with Crippen LogP contribution < -0.4 is 10.1 Å². The highest BCUT2D eigenvalue weighted by Crippen LogP contribution is 2.30. The van der Waals surface area contributed by atoms with Gasteiger partial charge in [-0.2, -0.15) is 0 Å². The predicted octanol–water partition coefficient (Wildman–Crippen LogP) is 3.68. The number of hydrogen-bond acceptors (Lipinski definition) is 3. The molecular weight excluding hydrogens is 248 g/mol. The third-order valence-corrected chi connectivity index (χ3v) is 4.57. The minimum Gasteiger partial charge on any atom is -0.474 e. The molecule has 2 fully saturated rings. The van der Waals surface area contributed by atoms with E-state index in [4.69, 9.17) is 4.74 Å². The molecule has 2 unspecified atom stereocenters. The summed E-state index contributed by atoms with van der Waals surface area (Å²) in [6.07, 6.45) is 9.36. The lowest BCUT2D eigenvalue weighted by Gasteiger charge is -2.30. The summed E-state index contributed by atoms with van der Waals surface area (Å²) in [6.45, 7) is 3.14. The van der Waals surface area contributed by atoms with Crippen LogP contribution in [0.3, 0.4) is 0 Å². The second kappa shape index (κ2) is 6.57. The second-order valence-corrected chi connectivity index (χ2v) is 6.23. The Morgan fingerprint density at radius 3 is 2.85 bits per heavy atom. The molecule has 1 heterocycles. The molecule has 0 spiro atoms. The van der Waals surface area contributed by atoms with Gasteiger partial charge in [-0.3, -0.25) is 0 Å². The number of nitrogens with one attached hydrogen (secondary N) is 1. The van der Waals surface area contributed by atoms with Gasteiger partial charge in [0.05, 0.1) is 5.69 Å². The smallest absolute Gasteiger partial charge is 0.213 e. The maximum absolute atomic E-state index is 6.18. The summed E-state index contributed by atoms with van der Waals surface area (Å²) in [6, 6.07) is 6.88. The number of aromatic nitrogens is 1. The van der Waals surface area contributed by atoms with Crippen LogP contribution in [0.5, 0.6) is 5.88 Å². The standard InChI is InChI=1S/C17H26N2O/c1-2-13-6-3-4-8-16(13)20-17-9-5-7-15(19-17)12-18-14-10-11-14/h5,7,9,13-14,16,18H,2-4,6,8,10-12H2,1H3. The number of nitrogens with zero attached hydrogens (tertiary/aromatic N) is 1. The molecule has 3 nitrogen and oxygen atoms in total. The van der Waals surface area contributed by atoms with Crippen molar-refractivity contribution in [1.29, 1.82) is 0 Å². The van der Waals surface area contributed by atoms with Crippen LogP contribution in [0.25, 0.3) is 0 Å². The summed E-state index contributed by atoms with van der Waals surface area (Å²) in [5.74, 6) is 1.52.